The predicted molar refractivity (Wildman–Crippen MR) is 66.1 cm³/mol. The minimum atomic E-state index is 0.0991. The van der Waals surface area contributed by atoms with Crippen molar-refractivity contribution in [1.82, 2.24) is 0 Å². The number of rotatable bonds is 9. The minimum absolute atomic E-state index is 0.0991. The second kappa shape index (κ2) is 11.5. The molecular weight excluding hydrogens is 202 g/mol. The molecule has 0 aliphatic rings. The zero-order valence-corrected chi connectivity index (χ0v) is 9.80. The van der Waals surface area contributed by atoms with Crippen LogP contribution in [0.15, 0.2) is 29.4 Å². The summed E-state index contributed by atoms with van der Waals surface area (Å²) in [5, 5.41) is 3.46. The molecule has 16 heavy (non-hydrogen) atoms. The van der Waals surface area contributed by atoms with Crippen LogP contribution in [-0.4, -0.2) is 12.3 Å². The van der Waals surface area contributed by atoms with E-state index in [0.29, 0.717) is 6.54 Å². The van der Waals surface area contributed by atoms with E-state index in [2.05, 4.69) is 22.2 Å². The van der Waals surface area contributed by atoms with Crippen LogP contribution in [0, 0.1) is 0 Å². The van der Waals surface area contributed by atoms with E-state index in [0.717, 1.165) is 32.1 Å². The van der Waals surface area contributed by atoms with Gasteiger partial charge in [0.1, 0.15) is 0 Å². The Labute approximate surface area is 96.7 Å². The maximum Gasteiger partial charge on any atom is 0.152 e. The fraction of sp³-hybridized carbons (Fsp3) is 0.583. The lowest BCUT2D eigenvalue weighted by atomic mass is 10.2. The van der Waals surface area contributed by atoms with Gasteiger partial charge in [-0.25, -0.2) is 0 Å². The monoisotopic (exact) mass is 221 g/mol. The molecule has 0 bridgehead atoms. The highest BCUT2D eigenvalue weighted by molar-refractivity contribution is 5.87. The molecule has 4 nitrogen and oxygen atoms in total. The summed E-state index contributed by atoms with van der Waals surface area (Å²) in [5.41, 5.74) is 8.04. The number of azide groups is 1. The lowest BCUT2D eigenvalue weighted by molar-refractivity contribution is -0.112. The number of ketones is 1. The quantitative estimate of drug-likeness (QED) is 0.145. The molecule has 0 amide bonds. The van der Waals surface area contributed by atoms with Gasteiger partial charge in [0, 0.05) is 11.5 Å². The van der Waals surface area contributed by atoms with E-state index in [1.54, 1.807) is 13.0 Å². The summed E-state index contributed by atoms with van der Waals surface area (Å²) >= 11 is 0. The van der Waals surface area contributed by atoms with Gasteiger partial charge in [0.15, 0.2) is 5.78 Å². The molecular formula is C12H19N3O. The molecule has 0 atom stereocenters. The number of unbranched alkanes of at least 4 members (excludes halogenated alkanes) is 3. The zero-order valence-electron chi connectivity index (χ0n) is 9.80. The molecule has 0 aliphatic carbocycles. The van der Waals surface area contributed by atoms with Crippen molar-refractivity contribution in [2.45, 2.75) is 39.0 Å². The highest BCUT2D eigenvalue weighted by Gasteiger charge is 1.84. The minimum Gasteiger partial charge on any atom is -0.295 e. The Balaban J connectivity index is 3.28. The van der Waals surface area contributed by atoms with Gasteiger partial charge >= 0.3 is 0 Å². The number of hydrogen-bond donors (Lipinski definition) is 0. The van der Waals surface area contributed by atoms with Crippen LogP contribution < -0.4 is 0 Å². The van der Waals surface area contributed by atoms with E-state index in [1.807, 2.05) is 6.08 Å². The van der Waals surface area contributed by atoms with Crippen LogP contribution in [0.25, 0.3) is 10.4 Å². The summed E-state index contributed by atoms with van der Waals surface area (Å²) in [7, 11) is 0. The Bertz CT molecular complexity index is 289. The van der Waals surface area contributed by atoms with Crippen molar-refractivity contribution in [1.29, 1.82) is 0 Å². The molecule has 0 aliphatic heterocycles. The van der Waals surface area contributed by atoms with Crippen molar-refractivity contribution in [3.63, 3.8) is 0 Å². The largest absolute Gasteiger partial charge is 0.295 e. The smallest absolute Gasteiger partial charge is 0.152 e. The van der Waals surface area contributed by atoms with Gasteiger partial charge in [-0.05, 0) is 50.6 Å². The highest BCUT2D eigenvalue weighted by Crippen LogP contribution is 2.00. The standard InChI is InChI=1S/C12H19N3O/c1-12(16)10-8-6-4-2-3-5-7-9-11-14-15-13/h2-3,8,10H,4-7,9,11H2,1H3/b3-2-,10-8+. The molecule has 0 saturated heterocycles. The van der Waals surface area contributed by atoms with Crippen LogP contribution in [0.4, 0.5) is 0 Å². The third-order valence-electron chi connectivity index (χ3n) is 1.96. The average molecular weight is 221 g/mol. The highest BCUT2D eigenvalue weighted by atomic mass is 16.1. The summed E-state index contributed by atoms with van der Waals surface area (Å²) in [4.78, 5) is 13.3. The van der Waals surface area contributed by atoms with Crippen LogP contribution in [0.2, 0.25) is 0 Å². The zero-order chi connectivity index (χ0) is 12.1. The van der Waals surface area contributed by atoms with Crippen molar-refractivity contribution in [3.8, 4) is 0 Å². The normalized spacial score (nSPS) is 10.8. The number of carbonyl (C=O) groups is 1. The Morgan fingerprint density at radius 2 is 1.88 bits per heavy atom. The van der Waals surface area contributed by atoms with Crippen LogP contribution in [0.3, 0.4) is 0 Å². The van der Waals surface area contributed by atoms with E-state index in [4.69, 9.17) is 5.53 Å². The van der Waals surface area contributed by atoms with E-state index >= 15 is 0 Å². The summed E-state index contributed by atoms with van der Waals surface area (Å²) in [6, 6.07) is 0. The Hall–Kier alpha value is -1.54. The van der Waals surface area contributed by atoms with Gasteiger partial charge in [-0.2, -0.15) is 0 Å². The first-order valence-corrected chi connectivity index (χ1v) is 5.60. The first-order chi connectivity index (χ1) is 7.77. The molecule has 0 aromatic carbocycles. The topological polar surface area (TPSA) is 65.8 Å². The summed E-state index contributed by atoms with van der Waals surface area (Å²) in [6.07, 6.45) is 12.7. The van der Waals surface area contributed by atoms with Gasteiger partial charge in [0.25, 0.3) is 0 Å². The lowest BCUT2D eigenvalue weighted by Crippen LogP contribution is -1.79. The third kappa shape index (κ3) is 12.5. The van der Waals surface area contributed by atoms with E-state index in [1.165, 1.54) is 0 Å². The molecule has 4 heteroatoms. The van der Waals surface area contributed by atoms with Crippen LogP contribution >= 0.6 is 0 Å². The van der Waals surface area contributed by atoms with Gasteiger partial charge in [-0.15, -0.1) is 0 Å². The molecule has 0 saturated carbocycles. The van der Waals surface area contributed by atoms with Gasteiger partial charge in [-0.1, -0.05) is 23.3 Å². The molecule has 0 N–H and O–H groups in total. The summed E-state index contributed by atoms with van der Waals surface area (Å²) < 4.78 is 0. The number of hydrogen-bond acceptors (Lipinski definition) is 2. The Kier molecular flexibility index (Phi) is 10.4. The van der Waals surface area contributed by atoms with Gasteiger partial charge < -0.3 is 0 Å². The van der Waals surface area contributed by atoms with Crippen LogP contribution in [-0.2, 0) is 4.79 Å². The average Bonchev–Trinajstić information content (AvgIpc) is 2.25. The molecule has 0 aromatic rings. The number of carbonyl (C=O) groups excluding carboxylic acids is 1. The second-order valence-electron chi connectivity index (χ2n) is 3.51. The lowest BCUT2D eigenvalue weighted by Gasteiger charge is -1.91. The fourth-order valence-corrected chi connectivity index (χ4v) is 1.17. The molecule has 0 heterocycles. The van der Waals surface area contributed by atoms with Crippen molar-refractivity contribution < 1.29 is 4.79 Å². The molecule has 0 unspecified atom stereocenters. The molecule has 88 valence electrons. The van der Waals surface area contributed by atoms with Gasteiger partial charge in [0.2, 0.25) is 0 Å². The molecule has 0 fully saturated rings. The van der Waals surface area contributed by atoms with E-state index in [-0.39, 0.29) is 5.78 Å². The van der Waals surface area contributed by atoms with Crippen molar-refractivity contribution >= 4 is 5.78 Å². The number of nitrogens with zero attached hydrogens (tertiary/aromatic N) is 3. The predicted octanol–water partition coefficient (Wildman–Crippen LogP) is 3.95. The summed E-state index contributed by atoms with van der Waals surface area (Å²) in [5.74, 6) is 0.0991. The van der Waals surface area contributed by atoms with Crippen molar-refractivity contribution in [2.75, 3.05) is 6.54 Å². The van der Waals surface area contributed by atoms with Crippen LogP contribution in [0.5, 0.6) is 0 Å². The van der Waals surface area contributed by atoms with Crippen molar-refractivity contribution in [2.24, 2.45) is 5.11 Å². The van der Waals surface area contributed by atoms with E-state index in [9.17, 15) is 4.79 Å². The first-order valence-electron chi connectivity index (χ1n) is 5.60. The SMILES string of the molecule is CC(=O)/C=C/CC/C=C\CCCCN=[N+]=[N-]. The van der Waals surface area contributed by atoms with E-state index < -0.39 is 0 Å². The fourth-order valence-electron chi connectivity index (χ4n) is 1.17. The van der Waals surface area contributed by atoms with Gasteiger partial charge in [0.05, 0.1) is 0 Å². The van der Waals surface area contributed by atoms with Gasteiger partial charge in [-0.3, -0.25) is 4.79 Å². The molecule has 0 spiro atoms. The second-order valence-corrected chi connectivity index (χ2v) is 3.51. The molecule has 0 rings (SSSR count). The Morgan fingerprint density at radius 3 is 2.56 bits per heavy atom. The molecule has 0 aromatic heterocycles. The maximum atomic E-state index is 10.6. The third-order valence-corrected chi connectivity index (χ3v) is 1.96. The van der Waals surface area contributed by atoms with Crippen LogP contribution in [0.1, 0.15) is 39.0 Å². The number of allylic oxidation sites excluding steroid dienone is 4. The van der Waals surface area contributed by atoms with Crippen molar-refractivity contribution in [3.05, 3.63) is 34.7 Å². The summed E-state index contributed by atoms with van der Waals surface area (Å²) in [6.45, 7) is 2.14. The first kappa shape index (κ1) is 14.5. The maximum absolute atomic E-state index is 10.6. The molecule has 0 radical (unpaired) electrons. The Morgan fingerprint density at radius 1 is 1.19 bits per heavy atom.